The van der Waals surface area contributed by atoms with Crippen molar-refractivity contribution >= 4 is 23.1 Å². The van der Waals surface area contributed by atoms with Gasteiger partial charge in [-0.15, -0.1) is 0 Å². The highest BCUT2D eigenvalue weighted by atomic mass is 35.5. The van der Waals surface area contributed by atoms with E-state index in [2.05, 4.69) is 21.8 Å². The lowest BCUT2D eigenvalue weighted by molar-refractivity contribution is 0.433. The number of likely N-dealkylation sites (tertiary alicyclic amines) is 1. The van der Waals surface area contributed by atoms with E-state index in [9.17, 15) is 0 Å². The first-order valence-electron chi connectivity index (χ1n) is 7.81. The molecular weight excluding hydrogens is 308 g/mol. The number of halogens is 1. The molecule has 1 aromatic heterocycles. The molecule has 23 heavy (non-hydrogen) atoms. The van der Waals surface area contributed by atoms with Crippen molar-refractivity contribution in [3.8, 4) is 0 Å². The number of hydrogen-bond donors (Lipinski definition) is 2. The van der Waals surface area contributed by atoms with Gasteiger partial charge >= 0.3 is 0 Å². The number of aromatic nitrogens is 1. The van der Waals surface area contributed by atoms with Gasteiger partial charge in [0.05, 0.1) is 5.82 Å². The zero-order chi connectivity index (χ0) is 16.2. The SMILES string of the molecule is C=C(Nc1cc(Cc2ccc(N)cc2Cl)ccn1)N1CCCC1. The minimum Gasteiger partial charge on any atom is -0.399 e. The van der Waals surface area contributed by atoms with Gasteiger partial charge in [0, 0.05) is 30.0 Å². The van der Waals surface area contributed by atoms with Gasteiger partial charge in [-0.1, -0.05) is 24.2 Å². The Morgan fingerprint density at radius 1 is 1.26 bits per heavy atom. The molecule has 1 fully saturated rings. The monoisotopic (exact) mass is 328 g/mol. The molecule has 3 rings (SSSR count). The molecule has 3 N–H and O–H groups in total. The van der Waals surface area contributed by atoms with E-state index in [4.69, 9.17) is 17.3 Å². The highest BCUT2D eigenvalue weighted by Crippen LogP contribution is 2.23. The van der Waals surface area contributed by atoms with Gasteiger partial charge in [0.25, 0.3) is 0 Å². The molecular formula is C18H21ClN4. The summed E-state index contributed by atoms with van der Waals surface area (Å²) in [5.41, 5.74) is 8.61. The molecule has 5 heteroatoms. The topological polar surface area (TPSA) is 54.2 Å². The quantitative estimate of drug-likeness (QED) is 0.818. The van der Waals surface area contributed by atoms with Crippen molar-refractivity contribution in [1.29, 1.82) is 0 Å². The second-order valence-electron chi connectivity index (χ2n) is 5.84. The number of rotatable bonds is 5. The number of nitrogens with zero attached hydrogens (tertiary/aromatic N) is 2. The van der Waals surface area contributed by atoms with Crippen molar-refractivity contribution in [3.63, 3.8) is 0 Å². The Morgan fingerprint density at radius 3 is 2.78 bits per heavy atom. The summed E-state index contributed by atoms with van der Waals surface area (Å²) in [7, 11) is 0. The first kappa shape index (κ1) is 15.7. The highest BCUT2D eigenvalue weighted by molar-refractivity contribution is 6.31. The first-order chi connectivity index (χ1) is 11.1. The van der Waals surface area contributed by atoms with Crippen LogP contribution in [0.5, 0.6) is 0 Å². The fourth-order valence-corrected chi connectivity index (χ4v) is 3.05. The fraction of sp³-hybridized carbons (Fsp3) is 0.278. The fourth-order valence-electron chi connectivity index (χ4n) is 2.79. The standard InChI is InChI=1S/C18H21ClN4/c1-13(23-8-2-3-9-23)22-18-11-14(6-7-21-18)10-15-4-5-16(20)12-17(15)19/h4-7,11-12H,1-3,8-10,20H2,(H,21,22). The lowest BCUT2D eigenvalue weighted by Crippen LogP contribution is -2.23. The van der Waals surface area contributed by atoms with E-state index in [1.54, 1.807) is 12.3 Å². The second kappa shape index (κ2) is 6.92. The van der Waals surface area contributed by atoms with E-state index in [1.807, 2.05) is 24.3 Å². The van der Waals surface area contributed by atoms with Crippen molar-refractivity contribution in [2.75, 3.05) is 24.1 Å². The molecule has 0 bridgehead atoms. The van der Waals surface area contributed by atoms with E-state index in [-0.39, 0.29) is 0 Å². The van der Waals surface area contributed by atoms with Gasteiger partial charge in [0.15, 0.2) is 0 Å². The molecule has 2 heterocycles. The molecule has 0 amide bonds. The average Bonchev–Trinajstić information content (AvgIpc) is 3.05. The Morgan fingerprint density at radius 2 is 2.04 bits per heavy atom. The van der Waals surface area contributed by atoms with E-state index in [0.29, 0.717) is 10.7 Å². The summed E-state index contributed by atoms with van der Waals surface area (Å²) in [5, 5.41) is 3.99. The molecule has 1 aliphatic rings. The van der Waals surface area contributed by atoms with Gasteiger partial charge < -0.3 is 16.0 Å². The minimum atomic E-state index is 0.678. The molecule has 1 aromatic carbocycles. The Balaban J connectivity index is 1.70. The molecule has 1 aliphatic heterocycles. The minimum absolute atomic E-state index is 0.678. The van der Waals surface area contributed by atoms with Crippen LogP contribution in [0.2, 0.25) is 5.02 Å². The van der Waals surface area contributed by atoms with E-state index < -0.39 is 0 Å². The van der Waals surface area contributed by atoms with Gasteiger partial charge in [-0.25, -0.2) is 4.98 Å². The average molecular weight is 329 g/mol. The van der Waals surface area contributed by atoms with Crippen LogP contribution in [0, 0.1) is 0 Å². The van der Waals surface area contributed by atoms with Crippen LogP contribution in [-0.2, 0) is 6.42 Å². The molecule has 0 radical (unpaired) electrons. The van der Waals surface area contributed by atoms with Crippen molar-refractivity contribution in [3.05, 3.63) is 65.1 Å². The number of benzene rings is 1. The van der Waals surface area contributed by atoms with E-state index >= 15 is 0 Å². The third-order valence-corrected chi connectivity index (χ3v) is 4.41. The normalized spacial score (nSPS) is 14.0. The van der Waals surface area contributed by atoms with Crippen molar-refractivity contribution < 1.29 is 0 Å². The van der Waals surface area contributed by atoms with Crippen LogP contribution in [-0.4, -0.2) is 23.0 Å². The van der Waals surface area contributed by atoms with E-state index in [1.165, 1.54) is 12.8 Å². The number of nitrogen functional groups attached to an aromatic ring is 1. The van der Waals surface area contributed by atoms with Crippen LogP contribution in [0.25, 0.3) is 0 Å². The van der Waals surface area contributed by atoms with Crippen molar-refractivity contribution in [2.24, 2.45) is 0 Å². The zero-order valence-electron chi connectivity index (χ0n) is 13.1. The number of hydrogen-bond acceptors (Lipinski definition) is 4. The summed E-state index contributed by atoms with van der Waals surface area (Å²) >= 11 is 6.26. The summed E-state index contributed by atoms with van der Waals surface area (Å²) in [6.45, 7) is 6.23. The third-order valence-electron chi connectivity index (χ3n) is 4.06. The summed E-state index contributed by atoms with van der Waals surface area (Å²) < 4.78 is 0. The smallest absolute Gasteiger partial charge is 0.131 e. The molecule has 1 saturated heterocycles. The molecule has 4 nitrogen and oxygen atoms in total. The second-order valence-corrected chi connectivity index (χ2v) is 6.25. The molecule has 0 aliphatic carbocycles. The Kier molecular flexibility index (Phi) is 4.72. The Bertz CT molecular complexity index is 708. The summed E-state index contributed by atoms with van der Waals surface area (Å²) in [6.07, 6.45) is 5.00. The predicted octanol–water partition coefficient (Wildman–Crippen LogP) is 3.89. The zero-order valence-corrected chi connectivity index (χ0v) is 13.8. The van der Waals surface area contributed by atoms with E-state index in [0.717, 1.165) is 42.3 Å². The lowest BCUT2D eigenvalue weighted by atomic mass is 10.1. The maximum absolute atomic E-state index is 6.26. The Labute approximate surface area is 142 Å². The number of nitrogens with one attached hydrogen (secondary N) is 1. The molecule has 0 atom stereocenters. The molecule has 120 valence electrons. The molecule has 0 spiro atoms. The van der Waals surface area contributed by atoms with Crippen LogP contribution < -0.4 is 11.1 Å². The summed E-state index contributed by atoms with van der Waals surface area (Å²) in [4.78, 5) is 6.63. The van der Waals surface area contributed by atoms with Crippen LogP contribution >= 0.6 is 11.6 Å². The van der Waals surface area contributed by atoms with Crippen LogP contribution in [0.15, 0.2) is 48.9 Å². The predicted molar refractivity (Wildman–Crippen MR) is 96.5 cm³/mol. The lowest BCUT2D eigenvalue weighted by Gasteiger charge is -2.21. The number of nitrogens with two attached hydrogens (primary N) is 1. The van der Waals surface area contributed by atoms with Gasteiger partial charge in [-0.3, -0.25) is 0 Å². The molecule has 2 aromatic rings. The van der Waals surface area contributed by atoms with Gasteiger partial charge in [0.1, 0.15) is 5.82 Å². The van der Waals surface area contributed by atoms with Crippen LogP contribution in [0.3, 0.4) is 0 Å². The Hall–Kier alpha value is -2.20. The van der Waals surface area contributed by atoms with Crippen molar-refractivity contribution in [1.82, 2.24) is 9.88 Å². The molecule has 0 saturated carbocycles. The van der Waals surface area contributed by atoms with Gasteiger partial charge in [0.2, 0.25) is 0 Å². The highest BCUT2D eigenvalue weighted by Gasteiger charge is 2.13. The maximum atomic E-state index is 6.26. The maximum Gasteiger partial charge on any atom is 0.131 e. The summed E-state index contributed by atoms with van der Waals surface area (Å²) in [6, 6.07) is 9.65. The molecule has 0 unspecified atom stereocenters. The van der Waals surface area contributed by atoms with Crippen LogP contribution in [0.4, 0.5) is 11.5 Å². The largest absolute Gasteiger partial charge is 0.399 e. The number of pyridine rings is 1. The summed E-state index contributed by atoms with van der Waals surface area (Å²) in [5.74, 6) is 1.73. The van der Waals surface area contributed by atoms with Crippen LogP contribution in [0.1, 0.15) is 24.0 Å². The number of anilines is 2. The van der Waals surface area contributed by atoms with Gasteiger partial charge in [-0.2, -0.15) is 0 Å². The van der Waals surface area contributed by atoms with Gasteiger partial charge in [-0.05, 0) is 54.7 Å². The first-order valence-corrected chi connectivity index (χ1v) is 8.19. The van der Waals surface area contributed by atoms with Crippen molar-refractivity contribution in [2.45, 2.75) is 19.3 Å². The third kappa shape index (κ3) is 3.96.